The molecule has 4 aromatic rings. The van der Waals surface area contributed by atoms with Gasteiger partial charge in [-0.25, -0.2) is 18.2 Å². The van der Waals surface area contributed by atoms with E-state index < -0.39 is 21.6 Å². The van der Waals surface area contributed by atoms with Gasteiger partial charge in [0.2, 0.25) is 0 Å². The average Bonchev–Trinajstić information content (AvgIpc) is 3.25. The molecule has 2 heterocycles. The monoisotopic (exact) mass is 495 g/mol. The van der Waals surface area contributed by atoms with E-state index >= 15 is 0 Å². The van der Waals surface area contributed by atoms with Crippen LogP contribution in [-0.2, 0) is 26.9 Å². The molecule has 0 spiro atoms. The molecule has 2 aromatic heterocycles. The zero-order chi connectivity index (χ0) is 25.2. The first-order valence-corrected chi connectivity index (χ1v) is 12.6. The quantitative estimate of drug-likeness (QED) is 0.368. The molecule has 0 fully saturated rings. The number of fused-ring (bicyclic) bond motifs is 1. The van der Waals surface area contributed by atoms with E-state index in [1.807, 2.05) is 11.5 Å². The maximum Gasteiger partial charge on any atom is 0.340 e. The van der Waals surface area contributed by atoms with Crippen LogP contribution in [0.2, 0.25) is 0 Å². The first-order chi connectivity index (χ1) is 16.7. The molecule has 4 rings (SSSR count). The van der Waals surface area contributed by atoms with E-state index in [2.05, 4.69) is 9.97 Å². The maximum absolute atomic E-state index is 13.1. The van der Waals surface area contributed by atoms with Crippen LogP contribution in [0.3, 0.4) is 0 Å². The van der Waals surface area contributed by atoms with E-state index in [1.54, 1.807) is 43.6 Å². The van der Waals surface area contributed by atoms with Crippen LogP contribution in [0.1, 0.15) is 34.4 Å². The summed E-state index contributed by atoms with van der Waals surface area (Å²) < 4.78 is 38.6. The second-order valence-electron chi connectivity index (χ2n) is 7.86. The molecule has 1 N–H and O–H groups in total. The van der Waals surface area contributed by atoms with Gasteiger partial charge in [0.1, 0.15) is 5.82 Å². The summed E-state index contributed by atoms with van der Waals surface area (Å²) in [6, 6.07) is 11.0. The van der Waals surface area contributed by atoms with Gasteiger partial charge in [-0.3, -0.25) is 4.98 Å². The topological polar surface area (TPSA) is 121 Å². The Labute approximate surface area is 202 Å². The molecule has 0 bridgehead atoms. The van der Waals surface area contributed by atoms with E-state index in [1.165, 1.54) is 25.3 Å². The summed E-state index contributed by atoms with van der Waals surface area (Å²) in [5, 5.41) is 11.4. The number of aromatic hydroxyl groups is 1. The summed E-state index contributed by atoms with van der Waals surface area (Å²) in [5.74, 6) is -0.403. The Morgan fingerprint density at radius 1 is 1.17 bits per heavy atom. The lowest BCUT2D eigenvalue weighted by Gasteiger charge is -2.16. The molecule has 0 atom stereocenters. The number of methoxy groups -OCH3 is 1. The first kappa shape index (κ1) is 24.2. The summed E-state index contributed by atoms with van der Waals surface area (Å²) in [7, 11) is -2.39. The summed E-state index contributed by atoms with van der Waals surface area (Å²) in [5.41, 5.74) is 0.835. The number of hydrogen-bond acceptors (Lipinski definition) is 8. The molecule has 10 heteroatoms. The Morgan fingerprint density at radius 2 is 1.91 bits per heavy atom. The van der Waals surface area contributed by atoms with Gasteiger partial charge in [0.25, 0.3) is 0 Å². The minimum Gasteiger partial charge on any atom is -0.504 e. The van der Waals surface area contributed by atoms with Crippen molar-refractivity contribution in [1.29, 1.82) is 0 Å². The first-order valence-electron chi connectivity index (χ1n) is 10.9. The number of aromatic nitrogens is 3. The molecule has 35 heavy (non-hydrogen) atoms. The molecule has 0 aliphatic rings. The van der Waals surface area contributed by atoms with Crippen molar-refractivity contribution < 1.29 is 27.8 Å². The van der Waals surface area contributed by atoms with Crippen molar-refractivity contribution in [1.82, 2.24) is 14.5 Å². The summed E-state index contributed by atoms with van der Waals surface area (Å²) in [6.07, 6.45) is 3.40. The molecular weight excluding hydrogens is 470 g/mol. The molecule has 9 nitrogen and oxygen atoms in total. The van der Waals surface area contributed by atoms with Crippen molar-refractivity contribution in [3.63, 3.8) is 0 Å². The molecule has 0 aliphatic heterocycles. The van der Waals surface area contributed by atoms with Crippen LogP contribution < -0.4 is 4.74 Å². The second-order valence-corrected chi connectivity index (χ2v) is 9.84. The van der Waals surface area contributed by atoms with E-state index in [0.29, 0.717) is 16.5 Å². The summed E-state index contributed by atoms with van der Waals surface area (Å²) in [6.45, 7) is 3.82. The standard InChI is InChI=1S/C25H25N3O6S/c1-4-34-25(30)19-12-17-13-22(33-3)24(29)20(14-28-11-10-26-16(28)2)23(17)27-21(19)15-35(31,32)18-8-6-5-7-9-18/h5-13,29H,4,14-15H2,1-3H3. The molecule has 0 saturated carbocycles. The van der Waals surface area contributed by atoms with Gasteiger partial charge in [0.05, 0.1) is 47.7 Å². The van der Waals surface area contributed by atoms with Gasteiger partial charge in [-0.15, -0.1) is 0 Å². The number of esters is 1. The number of imidazole rings is 1. The fraction of sp³-hybridized carbons (Fsp3) is 0.240. The number of ether oxygens (including phenoxy) is 2. The minimum atomic E-state index is -3.82. The molecular formula is C25H25N3O6S. The number of carbonyl (C=O) groups excluding carboxylic acids is 1. The van der Waals surface area contributed by atoms with Gasteiger partial charge < -0.3 is 19.1 Å². The summed E-state index contributed by atoms with van der Waals surface area (Å²) in [4.78, 5) is 21.7. The van der Waals surface area contributed by atoms with E-state index in [0.717, 1.165) is 5.82 Å². The normalized spacial score (nSPS) is 11.5. The Balaban J connectivity index is 1.95. The lowest BCUT2D eigenvalue weighted by molar-refractivity contribution is 0.0525. The Hall–Kier alpha value is -3.92. The zero-order valence-electron chi connectivity index (χ0n) is 19.6. The van der Waals surface area contributed by atoms with Crippen LogP contribution in [0.25, 0.3) is 10.9 Å². The fourth-order valence-corrected chi connectivity index (χ4v) is 5.14. The number of sulfone groups is 1. The number of benzene rings is 2. The Morgan fingerprint density at radius 3 is 2.54 bits per heavy atom. The van der Waals surface area contributed by atoms with Crippen LogP contribution >= 0.6 is 0 Å². The molecule has 0 saturated heterocycles. The van der Waals surface area contributed by atoms with Crippen molar-refractivity contribution in [3.8, 4) is 11.5 Å². The second kappa shape index (κ2) is 9.75. The van der Waals surface area contributed by atoms with Crippen molar-refractivity contribution in [3.05, 3.63) is 77.5 Å². The Bertz CT molecular complexity index is 1500. The number of pyridine rings is 1. The largest absolute Gasteiger partial charge is 0.504 e. The van der Waals surface area contributed by atoms with Crippen LogP contribution in [0, 0.1) is 6.92 Å². The van der Waals surface area contributed by atoms with Crippen molar-refractivity contribution >= 4 is 26.7 Å². The van der Waals surface area contributed by atoms with Gasteiger partial charge in [0, 0.05) is 23.3 Å². The van der Waals surface area contributed by atoms with Gasteiger partial charge in [-0.1, -0.05) is 18.2 Å². The molecule has 0 aliphatic carbocycles. The maximum atomic E-state index is 13.1. The highest BCUT2D eigenvalue weighted by Gasteiger charge is 2.25. The predicted octanol–water partition coefficient (Wildman–Crippen LogP) is 3.65. The number of phenolic OH excluding ortho intramolecular Hbond substituents is 1. The molecule has 182 valence electrons. The average molecular weight is 496 g/mol. The highest BCUT2D eigenvalue weighted by molar-refractivity contribution is 7.90. The molecule has 0 amide bonds. The van der Waals surface area contributed by atoms with Crippen molar-refractivity contribution in [2.24, 2.45) is 0 Å². The minimum absolute atomic E-state index is 0.0352. The predicted molar refractivity (Wildman–Crippen MR) is 129 cm³/mol. The third-order valence-corrected chi connectivity index (χ3v) is 7.26. The molecule has 0 unspecified atom stereocenters. The SMILES string of the molecule is CCOC(=O)c1cc2cc(OC)c(O)c(Cn3ccnc3C)c2nc1CS(=O)(=O)c1ccccc1. The van der Waals surface area contributed by atoms with Crippen LogP contribution in [0.4, 0.5) is 0 Å². The van der Waals surface area contributed by atoms with Crippen LogP contribution in [-0.4, -0.2) is 47.7 Å². The number of carbonyl (C=O) groups is 1. The molecule has 2 aromatic carbocycles. The zero-order valence-corrected chi connectivity index (χ0v) is 20.4. The fourth-order valence-electron chi connectivity index (χ4n) is 3.82. The number of phenols is 1. The lowest BCUT2D eigenvalue weighted by Crippen LogP contribution is -2.15. The van der Waals surface area contributed by atoms with Crippen LogP contribution in [0.15, 0.2) is 59.8 Å². The van der Waals surface area contributed by atoms with Gasteiger partial charge >= 0.3 is 5.97 Å². The number of nitrogens with zero attached hydrogens (tertiary/aromatic N) is 3. The van der Waals surface area contributed by atoms with E-state index in [-0.39, 0.29) is 40.8 Å². The summed E-state index contributed by atoms with van der Waals surface area (Å²) >= 11 is 0. The molecule has 0 radical (unpaired) electrons. The van der Waals surface area contributed by atoms with Crippen LogP contribution in [0.5, 0.6) is 11.5 Å². The third-order valence-electron chi connectivity index (χ3n) is 5.62. The van der Waals surface area contributed by atoms with Gasteiger partial charge in [-0.05, 0) is 38.1 Å². The number of aryl methyl sites for hydroxylation is 1. The van der Waals surface area contributed by atoms with Gasteiger partial charge in [0.15, 0.2) is 21.3 Å². The third kappa shape index (κ3) is 4.83. The smallest absolute Gasteiger partial charge is 0.340 e. The highest BCUT2D eigenvalue weighted by Crippen LogP contribution is 2.37. The Kier molecular flexibility index (Phi) is 6.74. The number of hydrogen-bond donors (Lipinski definition) is 1. The van der Waals surface area contributed by atoms with E-state index in [9.17, 15) is 18.3 Å². The lowest BCUT2D eigenvalue weighted by atomic mass is 10.0. The van der Waals surface area contributed by atoms with Gasteiger partial charge in [-0.2, -0.15) is 0 Å². The van der Waals surface area contributed by atoms with E-state index in [4.69, 9.17) is 9.47 Å². The van der Waals surface area contributed by atoms with Crippen molar-refractivity contribution in [2.45, 2.75) is 31.0 Å². The highest BCUT2D eigenvalue weighted by atomic mass is 32.2. The van der Waals surface area contributed by atoms with Crippen molar-refractivity contribution in [2.75, 3.05) is 13.7 Å². The number of rotatable bonds is 8.